The highest BCUT2D eigenvalue weighted by Crippen LogP contribution is 2.23. The molecular weight excluding hydrogens is 395 g/mol. The molecule has 0 unspecified atom stereocenters. The summed E-state index contributed by atoms with van der Waals surface area (Å²) in [6.07, 6.45) is 5.87. The van der Waals surface area contributed by atoms with Gasteiger partial charge in [-0.25, -0.2) is 4.39 Å². The molecule has 0 bridgehead atoms. The first kappa shape index (κ1) is 21.2. The third-order valence-corrected chi connectivity index (χ3v) is 5.92. The Balaban J connectivity index is 1.27. The van der Waals surface area contributed by atoms with E-state index in [1.807, 2.05) is 47.7 Å². The van der Waals surface area contributed by atoms with Crippen molar-refractivity contribution in [3.8, 4) is 11.3 Å². The average molecular weight is 425 g/mol. The Morgan fingerprint density at radius 2 is 2.03 bits per heavy atom. The molecule has 31 heavy (non-hydrogen) atoms. The van der Waals surface area contributed by atoms with Crippen LogP contribution in [0.15, 0.2) is 48.8 Å². The van der Waals surface area contributed by atoms with Gasteiger partial charge in [0.05, 0.1) is 17.4 Å². The molecule has 1 amide bonds. The smallest absolute Gasteiger partial charge is 0.222 e. The van der Waals surface area contributed by atoms with Gasteiger partial charge in [0.2, 0.25) is 5.91 Å². The normalized spacial score (nSPS) is 16.4. The van der Waals surface area contributed by atoms with Crippen LogP contribution in [0.2, 0.25) is 0 Å². The summed E-state index contributed by atoms with van der Waals surface area (Å²) in [6, 6.07) is 10.8. The molecule has 3 heterocycles. The van der Waals surface area contributed by atoms with E-state index in [1.165, 1.54) is 6.07 Å². The lowest BCUT2D eigenvalue weighted by Crippen LogP contribution is -2.44. The third-order valence-electron chi connectivity index (χ3n) is 5.92. The summed E-state index contributed by atoms with van der Waals surface area (Å²) in [4.78, 5) is 14.7. The van der Waals surface area contributed by atoms with E-state index in [2.05, 4.69) is 20.4 Å². The molecule has 2 aromatic heterocycles. The number of hydrogen-bond donors (Lipinski definition) is 1. The highest BCUT2D eigenvalue weighted by Gasteiger charge is 2.23. The largest absolute Gasteiger partial charge is 0.353 e. The molecule has 4 rings (SSSR count). The molecule has 1 aromatic carbocycles. The van der Waals surface area contributed by atoms with Crippen LogP contribution in [0.3, 0.4) is 0 Å². The Hall–Kier alpha value is -3.00. The summed E-state index contributed by atoms with van der Waals surface area (Å²) in [5.74, 6) is -0.187. The summed E-state index contributed by atoms with van der Waals surface area (Å²) in [5.41, 5.74) is 2.23. The second-order valence-corrected chi connectivity index (χ2v) is 8.28. The number of nitrogens with zero attached hydrogens (tertiary/aromatic N) is 5. The second-order valence-electron chi connectivity index (χ2n) is 8.28. The first-order chi connectivity index (χ1) is 15.0. The zero-order valence-electron chi connectivity index (χ0n) is 18.0. The van der Waals surface area contributed by atoms with E-state index in [4.69, 9.17) is 0 Å². The van der Waals surface area contributed by atoms with E-state index in [0.29, 0.717) is 17.7 Å². The van der Waals surface area contributed by atoms with E-state index in [-0.39, 0.29) is 23.8 Å². The summed E-state index contributed by atoms with van der Waals surface area (Å²) in [6.45, 7) is 4.56. The van der Waals surface area contributed by atoms with Crippen LogP contribution >= 0.6 is 0 Å². The fraction of sp³-hybridized carbons (Fsp3) is 0.435. The lowest BCUT2D eigenvalue weighted by molar-refractivity contribution is -0.122. The van der Waals surface area contributed by atoms with Gasteiger partial charge in [0.25, 0.3) is 0 Å². The van der Waals surface area contributed by atoms with Crippen molar-refractivity contribution in [3.05, 3.63) is 60.3 Å². The molecule has 0 saturated carbocycles. The predicted molar refractivity (Wildman–Crippen MR) is 117 cm³/mol. The quantitative estimate of drug-likeness (QED) is 0.633. The van der Waals surface area contributed by atoms with E-state index in [9.17, 15) is 9.18 Å². The maximum absolute atomic E-state index is 14.1. The van der Waals surface area contributed by atoms with Gasteiger partial charge in [0.15, 0.2) is 0 Å². The number of aryl methyl sites for hydroxylation is 1. The molecule has 164 valence electrons. The topological polar surface area (TPSA) is 68.0 Å². The van der Waals surface area contributed by atoms with Crippen molar-refractivity contribution in [3.63, 3.8) is 0 Å². The molecule has 7 nitrogen and oxygen atoms in total. The van der Waals surface area contributed by atoms with Crippen LogP contribution in [0.25, 0.3) is 11.3 Å². The van der Waals surface area contributed by atoms with Gasteiger partial charge in [-0.05, 0) is 44.0 Å². The molecule has 3 aromatic rings. The number of aromatic nitrogens is 4. The molecule has 1 fully saturated rings. The van der Waals surface area contributed by atoms with Crippen molar-refractivity contribution in [1.29, 1.82) is 0 Å². The van der Waals surface area contributed by atoms with Gasteiger partial charge >= 0.3 is 0 Å². The number of benzene rings is 1. The summed E-state index contributed by atoms with van der Waals surface area (Å²) >= 11 is 0. The predicted octanol–water partition coefficient (Wildman–Crippen LogP) is 3.15. The van der Waals surface area contributed by atoms with Crippen LogP contribution in [0, 0.1) is 5.82 Å². The van der Waals surface area contributed by atoms with Gasteiger partial charge < -0.3 is 5.32 Å². The zero-order chi connectivity index (χ0) is 21.8. The molecule has 0 spiro atoms. The Kier molecular flexibility index (Phi) is 6.46. The lowest BCUT2D eigenvalue weighted by Gasteiger charge is -2.32. The van der Waals surface area contributed by atoms with Crippen LogP contribution in [0.1, 0.15) is 37.9 Å². The highest BCUT2D eigenvalue weighted by atomic mass is 19.1. The maximum Gasteiger partial charge on any atom is 0.222 e. The number of rotatable bonds is 7. The maximum atomic E-state index is 14.1. The van der Waals surface area contributed by atoms with Gasteiger partial charge in [-0.1, -0.05) is 12.1 Å². The fourth-order valence-electron chi connectivity index (χ4n) is 4.11. The van der Waals surface area contributed by atoms with Crippen molar-refractivity contribution in [1.82, 2.24) is 29.8 Å². The minimum atomic E-state index is -0.259. The number of carbonyl (C=O) groups is 1. The van der Waals surface area contributed by atoms with Gasteiger partial charge in [0.1, 0.15) is 5.82 Å². The molecular formula is C23H29FN6O. The van der Waals surface area contributed by atoms with Crippen molar-refractivity contribution in [2.45, 2.75) is 44.8 Å². The van der Waals surface area contributed by atoms with Crippen LogP contribution in [-0.2, 0) is 18.4 Å². The average Bonchev–Trinajstić information content (AvgIpc) is 3.40. The molecule has 1 aliphatic heterocycles. The van der Waals surface area contributed by atoms with Gasteiger partial charge in [-0.15, -0.1) is 0 Å². The number of hydrogen-bond acceptors (Lipinski definition) is 4. The summed E-state index contributed by atoms with van der Waals surface area (Å²) < 4.78 is 17.7. The fourth-order valence-corrected chi connectivity index (χ4v) is 4.11. The Labute approximate surface area is 181 Å². The molecule has 1 aliphatic rings. The van der Waals surface area contributed by atoms with Crippen molar-refractivity contribution >= 4 is 5.91 Å². The van der Waals surface area contributed by atoms with Crippen LogP contribution in [0.5, 0.6) is 0 Å². The number of nitrogens with one attached hydrogen (secondary N) is 1. The first-order valence-electron chi connectivity index (χ1n) is 10.8. The standard InChI is InChI=1S/C23H29FN6O/c1-17(30-11-5-10-25-30)14-23(31)26-18-8-12-29(13-9-18)16-19-15-22(27-28(19)2)20-6-3-4-7-21(20)24/h3-7,10-11,15,17-18H,8-9,12-14,16H2,1-2H3,(H,26,31)/t17-/m0/s1. The number of halogens is 1. The minimum Gasteiger partial charge on any atom is -0.353 e. The third kappa shape index (κ3) is 5.19. The molecule has 1 N–H and O–H groups in total. The first-order valence-corrected chi connectivity index (χ1v) is 10.8. The van der Waals surface area contributed by atoms with Crippen LogP contribution < -0.4 is 5.32 Å². The highest BCUT2D eigenvalue weighted by molar-refractivity contribution is 5.76. The summed E-state index contributed by atoms with van der Waals surface area (Å²) in [7, 11) is 1.90. The second kappa shape index (κ2) is 9.43. The number of likely N-dealkylation sites (tertiary alicyclic amines) is 1. The van der Waals surface area contributed by atoms with Crippen molar-refractivity contribution in [2.75, 3.05) is 13.1 Å². The van der Waals surface area contributed by atoms with Crippen LogP contribution in [-0.4, -0.2) is 49.5 Å². The number of amides is 1. The molecule has 0 aliphatic carbocycles. The van der Waals surface area contributed by atoms with E-state index in [1.54, 1.807) is 18.3 Å². The van der Waals surface area contributed by atoms with Crippen molar-refractivity contribution < 1.29 is 9.18 Å². The van der Waals surface area contributed by atoms with Crippen molar-refractivity contribution in [2.24, 2.45) is 7.05 Å². The van der Waals surface area contributed by atoms with Gasteiger partial charge in [0, 0.05) is 57.1 Å². The Morgan fingerprint density at radius 1 is 1.26 bits per heavy atom. The number of carbonyl (C=O) groups excluding carboxylic acids is 1. The molecule has 8 heteroatoms. The van der Waals surface area contributed by atoms with E-state index < -0.39 is 0 Å². The lowest BCUT2D eigenvalue weighted by atomic mass is 10.0. The SMILES string of the molecule is C[C@@H](CC(=O)NC1CCN(Cc2cc(-c3ccccc3F)nn2C)CC1)n1cccn1. The zero-order valence-corrected chi connectivity index (χ0v) is 18.0. The minimum absolute atomic E-state index is 0.0450. The summed E-state index contributed by atoms with van der Waals surface area (Å²) in [5, 5.41) is 11.9. The Morgan fingerprint density at radius 3 is 2.74 bits per heavy atom. The molecule has 1 atom stereocenters. The number of piperidine rings is 1. The van der Waals surface area contributed by atoms with E-state index in [0.717, 1.165) is 38.2 Å². The monoisotopic (exact) mass is 424 g/mol. The van der Waals surface area contributed by atoms with Crippen LogP contribution in [0.4, 0.5) is 4.39 Å². The van der Waals surface area contributed by atoms with Gasteiger partial charge in [-0.2, -0.15) is 10.2 Å². The molecule has 0 radical (unpaired) electrons. The van der Waals surface area contributed by atoms with Gasteiger partial charge in [-0.3, -0.25) is 19.1 Å². The van der Waals surface area contributed by atoms with E-state index >= 15 is 0 Å². The molecule has 1 saturated heterocycles. The Bertz CT molecular complexity index is 1010.